The van der Waals surface area contributed by atoms with Crippen molar-refractivity contribution in [1.82, 2.24) is 0 Å². The van der Waals surface area contributed by atoms with Crippen LogP contribution < -0.4 is 0 Å². The molecule has 0 aliphatic rings. The molecule has 0 radical (unpaired) electrons. The van der Waals surface area contributed by atoms with Crippen LogP contribution in [0.4, 0.5) is 0 Å². The molecule has 0 aliphatic heterocycles. The van der Waals surface area contributed by atoms with Crippen molar-refractivity contribution in [2.45, 2.75) is 13.8 Å². The smallest absolute Gasteiger partial charge is 0.107 e. The molecule has 3 heteroatoms. The Labute approximate surface area is 68.7 Å². The average molecular weight is 236 g/mol. The maximum Gasteiger partial charge on any atom is 0.107 e. The molecule has 0 rings (SSSR count). The second-order valence-corrected chi connectivity index (χ2v) is 2.26. The molecule has 0 saturated heterocycles. The van der Waals surface area contributed by atoms with Gasteiger partial charge in [0.15, 0.2) is 0 Å². The van der Waals surface area contributed by atoms with E-state index in [0.717, 1.165) is 17.6 Å². The van der Waals surface area contributed by atoms with Crippen LogP contribution in [0.25, 0.3) is 0 Å². The van der Waals surface area contributed by atoms with Crippen molar-refractivity contribution in [2.24, 2.45) is 4.99 Å². The van der Waals surface area contributed by atoms with Crippen LogP contribution in [0.15, 0.2) is 14.6 Å². The summed E-state index contributed by atoms with van der Waals surface area (Å²) in [5.74, 6) is 0. The molecule has 2 nitrogen and oxygen atoms in total. The maximum absolute atomic E-state index is 6.66. The molecule has 0 aromatic rings. The standard InChI is InChI=1S/C6H9IN2/c1-5(3-7)6(2)9-4-8/h3-4,8H,1-2H3. The molecule has 0 bridgehead atoms. The molecular formula is C6H9IN2. The highest BCUT2D eigenvalue weighted by Gasteiger charge is 1.89. The minimum absolute atomic E-state index is 0.902. The Hall–Kier alpha value is -0.190. The molecule has 0 amide bonds. The molecule has 0 heterocycles. The number of aliphatic imine (C=N–C) groups is 1. The van der Waals surface area contributed by atoms with Crippen LogP contribution in [0.5, 0.6) is 0 Å². The molecule has 0 spiro atoms. The van der Waals surface area contributed by atoms with E-state index in [4.69, 9.17) is 5.41 Å². The third-order valence-corrected chi connectivity index (χ3v) is 1.93. The van der Waals surface area contributed by atoms with E-state index in [1.54, 1.807) is 0 Å². The third-order valence-electron chi connectivity index (χ3n) is 0.993. The molecule has 0 unspecified atom stereocenters. The van der Waals surface area contributed by atoms with Gasteiger partial charge in [-0.25, -0.2) is 4.99 Å². The molecule has 9 heavy (non-hydrogen) atoms. The summed E-state index contributed by atoms with van der Waals surface area (Å²) < 4.78 is 1.94. The normalized spacial score (nSPS) is 13.7. The minimum Gasteiger partial charge on any atom is -0.290 e. The highest BCUT2D eigenvalue weighted by atomic mass is 127. The Morgan fingerprint density at radius 1 is 1.56 bits per heavy atom. The van der Waals surface area contributed by atoms with Crippen LogP contribution in [-0.4, -0.2) is 12.1 Å². The number of nitrogens with zero attached hydrogens (tertiary/aromatic N) is 1. The SMILES string of the molecule is CC(=CI)C(C)=NC=N. The zero-order chi connectivity index (χ0) is 7.28. The summed E-state index contributed by atoms with van der Waals surface area (Å²) in [7, 11) is 0. The lowest BCUT2D eigenvalue weighted by molar-refractivity contribution is 1.48. The summed E-state index contributed by atoms with van der Waals surface area (Å²) >= 11 is 2.15. The van der Waals surface area contributed by atoms with Crippen molar-refractivity contribution >= 4 is 34.6 Å². The zero-order valence-electron chi connectivity index (χ0n) is 5.48. The third kappa shape index (κ3) is 3.40. The Morgan fingerprint density at radius 3 is 2.44 bits per heavy atom. The van der Waals surface area contributed by atoms with Crippen molar-refractivity contribution in [1.29, 1.82) is 5.41 Å². The number of hydrogen-bond donors (Lipinski definition) is 1. The van der Waals surface area contributed by atoms with E-state index in [9.17, 15) is 0 Å². The van der Waals surface area contributed by atoms with E-state index in [-0.39, 0.29) is 0 Å². The predicted molar refractivity (Wildman–Crippen MR) is 49.7 cm³/mol. The van der Waals surface area contributed by atoms with Crippen LogP contribution in [0, 0.1) is 5.41 Å². The molecule has 0 atom stereocenters. The lowest BCUT2D eigenvalue weighted by Crippen LogP contribution is -1.91. The fourth-order valence-corrected chi connectivity index (χ4v) is 0.728. The van der Waals surface area contributed by atoms with E-state index in [1.807, 2.05) is 17.9 Å². The quantitative estimate of drug-likeness (QED) is 0.434. The summed E-state index contributed by atoms with van der Waals surface area (Å²) in [6.45, 7) is 3.85. The van der Waals surface area contributed by atoms with Gasteiger partial charge in [-0.1, -0.05) is 22.6 Å². The summed E-state index contributed by atoms with van der Waals surface area (Å²) in [4.78, 5) is 3.78. The van der Waals surface area contributed by atoms with Gasteiger partial charge in [0.2, 0.25) is 0 Å². The van der Waals surface area contributed by atoms with E-state index in [1.165, 1.54) is 0 Å². The van der Waals surface area contributed by atoms with Crippen molar-refractivity contribution in [3.63, 3.8) is 0 Å². The molecule has 0 aromatic heterocycles. The summed E-state index contributed by atoms with van der Waals surface area (Å²) in [5, 5.41) is 6.66. The van der Waals surface area contributed by atoms with Crippen LogP contribution in [0.2, 0.25) is 0 Å². The number of nitrogens with one attached hydrogen (secondary N) is 1. The van der Waals surface area contributed by atoms with Gasteiger partial charge in [0, 0.05) is 5.71 Å². The van der Waals surface area contributed by atoms with Gasteiger partial charge in [-0.05, 0) is 23.5 Å². The topological polar surface area (TPSA) is 36.2 Å². The molecule has 50 valence electrons. The second kappa shape index (κ2) is 4.67. The Kier molecular flexibility index (Phi) is 4.57. The number of hydrogen-bond acceptors (Lipinski definition) is 1. The second-order valence-electron chi connectivity index (χ2n) is 1.64. The fourth-order valence-electron chi connectivity index (χ4n) is 0.278. The van der Waals surface area contributed by atoms with Crippen molar-refractivity contribution in [3.8, 4) is 0 Å². The highest BCUT2D eigenvalue weighted by molar-refractivity contribution is 14.1. The number of allylic oxidation sites excluding steroid dienone is 1. The van der Waals surface area contributed by atoms with Crippen LogP contribution in [0.3, 0.4) is 0 Å². The van der Waals surface area contributed by atoms with Gasteiger partial charge < -0.3 is 0 Å². The predicted octanol–water partition coefficient (Wildman–Crippen LogP) is 2.39. The number of halogens is 1. The lowest BCUT2D eigenvalue weighted by atomic mass is 10.2. The monoisotopic (exact) mass is 236 g/mol. The summed E-state index contributed by atoms with van der Waals surface area (Å²) in [6.07, 6.45) is 1.05. The van der Waals surface area contributed by atoms with Crippen molar-refractivity contribution < 1.29 is 0 Å². The first-order chi connectivity index (χ1) is 4.22. The Morgan fingerprint density at radius 2 is 2.11 bits per heavy atom. The van der Waals surface area contributed by atoms with Gasteiger partial charge >= 0.3 is 0 Å². The maximum atomic E-state index is 6.66. The molecule has 0 aromatic carbocycles. The van der Waals surface area contributed by atoms with E-state index >= 15 is 0 Å². The van der Waals surface area contributed by atoms with Gasteiger partial charge in [0.1, 0.15) is 6.34 Å². The average Bonchev–Trinajstić information content (AvgIpc) is 1.87. The summed E-state index contributed by atoms with van der Waals surface area (Å²) in [6, 6.07) is 0. The van der Waals surface area contributed by atoms with Gasteiger partial charge in [0.25, 0.3) is 0 Å². The molecule has 1 N–H and O–H groups in total. The summed E-state index contributed by atoms with van der Waals surface area (Å²) in [5.41, 5.74) is 2.01. The van der Waals surface area contributed by atoms with Gasteiger partial charge in [-0.2, -0.15) is 0 Å². The largest absolute Gasteiger partial charge is 0.290 e. The first kappa shape index (κ1) is 8.81. The van der Waals surface area contributed by atoms with Gasteiger partial charge in [0.05, 0.1) is 0 Å². The minimum atomic E-state index is 0.902. The highest BCUT2D eigenvalue weighted by Crippen LogP contribution is 1.99. The van der Waals surface area contributed by atoms with Crippen LogP contribution >= 0.6 is 22.6 Å². The Bertz CT molecular complexity index is 158. The van der Waals surface area contributed by atoms with Gasteiger partial charge in [-0.15, -0.1) is 0 Å². The van der Waals surface area contributed by atoms with Crippen LogP contribution in [-0.2, 0) is 0 Å². The molecule has 0 saturated carbocycles. The molecule has 0 aliphatic carbocycles. The first-order valence-electron chi connectivity index (χ1n) is 2.53. The first-order valence-corrected chi connectivity index (χ1v) is 3.77. The Balaban J connectivity index is 4.19. The van der Waals surface area contributed by atoms with Gasteiger partial charge in [-0.3, -0.25) is 5.41 Å². The zero-order valence-corrected chi connectivity index (χ0v) is 7.64. The van der Waals surface area contributed by atoms with E-state index < -0.39 is 0 Å². The number of rotatable bonds is 2. The lowest BCUT2D eigenvalue weighted by Gasteiger charge is -1.93. The molecule has 0 fully saturated rings. The van der Waals surface area contributed by atoms with E-state index in [2.05, 4.69) is 27.6 Å². The van der Waals surface area contributed by atoms with Crippen molar-refractivity contribution in [2.75, 3.05) is 0 Å². The molecular weight excluding hydrogens is 227 g/mol. The van der Waals surface area contributed by atoms with Crippen molar-refractivity contribution in [3.05, 3.63) is 9.66 Å². The van der Waals surface area contributed by atoms with E-state index in [0.29, 0.717) is 0 Å². The van der Waals surface area contributed by atoms with Crippen LogP contribution in [0.1, 0.15) is 13.8 Å². The fraction of sp³-hybridized carbons (Fsp3) is 0.333.